The van der Waals surface area contributed by atoms with Crippen LogP contribution in [-0.4, -0.2) is 55.2 Å². The number of nitrogens with one attached hydrogen (secondary N) is 1. The number of anilines is 2. The maximum atomic E-state index is 5.23. The first-order valence-electron chi connectivity index (χ1n) is 8.76. The van der Waals surface area contributed by atoms with E-state index in [1.54, 1.807) is 7.11 Å². The molecule has 2 aromatic rings. The molecular formula is C19H27N5O. The van der Waals surface area contributed by atoms with E-state index in [1.165, 1.54) is 12.0 Å². The quantitative estimate of drug-likeness (QED) is 0.872. The van der Waals surface area contributed by atoms with Gasteiger partial charge in [-0.1, -0.05) is 12.1 Å². The smallest absolute Gasteiger partial charge is 0.224 e. The van der Waals surface area contributed by atoms with E-state index in [1.807, 2.05) is 43.4 Å². The van der Waals surface area contributed by atoms with Gasteiger partial charge in [-0.15, -0.1) is 0 Å². The number of hydrogen-bond donors (Lipinski definition) is 1. The van der Waals surface area contributed by atoms with Crippen LogP contribution in [0.25, 0.3) is 0 Å². The Labute approximate surface area is 149 Å². The van der Waals surface area contributed by atoms with Crippen molar-refractivity contribution in [2.24, 2.45) is 0 Å². The van der Waals surface area contributed by atoms with Crippen molar-refractivity contribution in [1.82, 2.24) is 14.9 Å². The Hall–Kier alpha value is -2.34. The van der Waals surface area contributed by atoms with Crippen LogP contribution in [-0.2, 0) is 6.54 Å². The third-order valence-corrected chi connectivity index (χ3v) is 4.50. The molecule has 1 aromatic carbocycles. The van der Waals surface area contributed by atoms with Gasteiger partial charge in [0.25, 0.3) is 0 Å². The Morgan fingerprint density at radius 3 is 2.76 bits per heavy atom. The lowest BCUT2D eigenvalue weighted by atomic mass is 10.0. The fourth-order valence-electron chi connectivity index (χ4n) is 3.16. The SMILES string of the molecule is COc1ccc(CN2CCCC(Nc3nccc(N(C)C)n3)C2)cc1. The number of likely N-dealkylation sites (tertiary alicyclic amines) is 1. The standard InChI is InChI=1S/C19H27N5O/c1-23(2)18-10-11-20-19(22-18)21-16-5-4-12-24(14-16)13-15-6-8-17(25-3)9-7-15/h6-11,16H,4-5,12-14H2,1-3H3,(H,20,21,22). The van der Waals surface area contributed by atoms with E-state index >= 15 is 0 Å². The van der Waals surface area contributed by atoms with E-state index in [9.17, 15) is 0 Å². The van der Waals surface area contributed by atoms with Crippen molar-refractivity contribution in [2.75, 3.05) is 44.5 Å². The minimum atomic E-state index is 0.379. The molecule has 1 aromatic heterocycles. The predicted octanol–water partition coefficient (Wildman–Crippen LogP) is 2.63. The molecule has 1 aliphatic rings. The van der Waals surface area contributed by atoms with E-state index in [4.69, 9.17) is 4.74 Å². The van der Waals surface area contributed by atoms with Crippen molar-refractivity contribution in [1.29, 1.82) is 0 Å². The first-order chi connectivity index (χ1) is 12.1. The molecule has 0 bridgehead atoms. The zero-order valence-corrected chi connectivity index (χ0v) is 15.3. The maximum Gasteiger partial charge on any atom is 0.224 e. The Balaban J connectivity index is 1.58. The van der Waals surface area contributed by atoms with Crippen molar-refractivity contribution in [3.8, 4) is 5.75 Å². The summed E-state index contributed by atoms with van der Waals surface area (Å²) >= 11 is 0. The molecule has 0 aliphatic carbocycles. The Morgan fingerprint density at radius 2 is 2.04 bits per heavy atom. The van der Waals surface area contributed by atoms with Crippen LogP contribution in [0, 0.1) is 0 Å². The molecule has 6 nitrogen and oxygen atoms in total. The number of methoxy groups -OCH3 is 1. The number of rotatable bonds is 6. The lowest BCUT2D eigenvalue weighted by Crippen LogP contribution is -2.41. The van der Waals surface area contributed by atoms with Crippen molar-refractivity contribution < 1.29 is 4.74 Å². The van der Waals surface area contributed by atoms with Crippen molar-refractivity contribution >= 4 is 11.8 Å². The molecule has 0 saturated carbocycles. The zero-order valence-electron chi connectivity index (χ0n) is 15.3. The summed E-state index contributed by atoms with van der Waals surface area (Å²) in [5, 5.41) is 3.50. The average molecular weight is 341 g/mol. The topological polar surface area (TPSA) is 53.5 Å². The molecule has 0 radical (unpaired) electrons. The molecule has 1 atom stereocenters. The van der Waals surface area contributed by atoms with Crippen LogP contribution in [0.5, 0.6) is 5.75 Å². The fraction of sp³-hybridized carbons (Fsp3) is 0.474. The Morgan fingerprint density at radius 1 is 1.24 bits per heavy atom. The van der Waals surface area contributed by atoms with Gasteiger partial charge in [-0.2, -0.15) is 4.98 Å². The highest BCUT2D eigenvalue weighted by molar-refractivity contribution is 5.41. The van der Waals surface area contributed by atoms with E-state index in [2.05, 4.69) is 32.3 Å². The highest BCUT2D eigenvalue weighted by Gasteiger charge is 2.20. The Bertz CT molecular complexity index is 674. The molecule has 134 valence electrons. The van der Waals surface area contributed by atoms with E-state index in [0.29, 0.717) is 12.0 Å². The summed E-state index contributed by atoms with van der Waals surface area (Å²) in [5.74, 6) is 2.53. The summed E-state index contributed by atoms with van der Waals surface area (Å²) in [7, 11) is 5.68. The van der Waals surface area contributed by atoms with Gasteiger partial charge in [0.1, 0.15) is 11.6 Å². The first-order valence-corrected chi connectivity index (χ1v) is 8.76. The van der Waals surface area contributed by atoms with Crippen molar-refractivity contribution in [2.45, 2.75) is 25.4 Å². The van der Waals surface area contributed by atoms with Gasteiger partial charge in [0, 0.05) is 39.4 Å². The Kier molecular flexibility index (Phi) is 5.71. The lowest BCUT2D eigenvalue weighted by molar-refractivity contribution is 0.208. The first kappa shape index (κ1) is 17.5. The summed E-state index contributed by atoms with van der Waals surface area (Å²) in [6.07, 6.45) is 4.14. The molecule has 1 aliphatic heterocycles. The minimum Gasteiger partial charge on any atom is -0.497 e. The summed E-state index contributed by atoms with van der Waals surface area (Å²) in [4.78, 5) is 13.4. The summed E-state index contributed by atoms with van der Waals surface area (Å²) in [6.45, 7) is 3.09. The van der Waals surface area contributed by atoms with Crippen LogP contribution in [0.4, 0.5) is 11.8 Å². The number of benzene rings is 1. The largest absolute Gasteiger partial charge is 0.497 e. The van der Waals surface area contributed by atoms with Gasteiger partial charge >= 0.3 is 0 Å². The number of ether oxygens (including phenoxy) is 1. The molecule has 1 N–H and O–H groups in total. The third kappa shape index (κ3) is 4.82. The van der Waals surface area contributed by atoms with Crippen LogP contribution in [0.15, 0.2) is 36.5 Å². The summed E-state index contributed by atoms with van der Waals surface area (Å²) in [6, 6.07) is 10.6. The highest BCUT2D eigenvalue weighted by atomic mass is 16.5. The second kappa shape index (κ2) is 8.16. The second-order valence-corrected chi connectivity index (χ2v) is 6.70. The summed E-state index contributed by atoms with van der Waals surface area (Å²) in [5.41, 5.74) is 1.31. The van der Waals surface area contributed by atoms with Gasteiger partial charge in [-0.3, -0.25) is 4.90 Å². The third-order valence-electron chi connectivity index (χ3n) is 4.50. The molecule has 0 amide bonds. The molecule has 1 fully saturated rings. The molecule has 0 spiro atoms. The van der Waals surface area contributed by atoms with Gasteiger partial charge in [0.15, 0.2) is 0 Å². The van der Waals surface area contributed by atoms with Crippen LogP contribution in [0.2, 0.25) is 0 Å². The molecular weight excluding hydrogens is 314 g/mol. The second-order valence-electron chi connectivity index (χ2n) is 6.70. The fourth-order valence-corrected chi connectivity index (χ4v) is 3.16. The normalized spacial score (nSPS) is 18.0. The lowest BCUT2D eigenvalue weighted by Gasteiger charge is -2.33. The number of nitrogens with zero attached hydrogens (tertiary/aromatic N) is 4. The van der Waals surface area contributed by atoms with Crippen LogP contribution < -0.4 is 15.0 Å². The van der Waals surface area contributed by atoms with Crippen molar-refractivity contribution in [3.05, 3.63) is 42.1 Å². The summed E-state index contributed by atoms with van der Waals surface area (Å²) < 4.78 is 5.23. The molecule has 1 unspecified atom stereocenters. The van der Waals surface area contributed by atoms with E-state index in [-0.39, 0.29) is 0 Å². The van der Waals surface area contributed by atoms with Crippen LogP contribution in [0.1, 0.15) is 18.4 Å². The molecule has 6 heteroatoms. The van der Waals surface area contributed by atoms with Crippen molar-refractivity contribution in [3.63, 3.8) is 0 Å². The number of hydrogen-bond acceptors (Lipinski definition) is 6. The zero-order chi connectivity index (χ0) is 17.6. The van der Waals surface area contributed by atoms with Crippen LogP contribution in [0.3, 0.4) is 0 Å². The molecule has 25 heavy (non-hydrogen) atoms. The van der Waals surface area contributed by atoms with Gasteiger partial charge < -0.3 is 15.0 Å². The van der Waals surface area contributed by atoms with Gasteiger partial charge in [-0.25, -0.2) is 4.98 Å². The van der Waals surface area contributed by atoms with E-state index in [0.717, 1.165) is 37.6 Å². The molecule has 3 rings (SSSR count). The van der Waals surface area contributed by atoms with E-state index < -0.39 is 0 Å². The monoisotopic (exact) mass is 341 g/mol. The maximum absolute atomic E-state index is 5.23. The average Bonchev–Trinajstić information content (AvgIpc) is 2.63. The highest BCUT2D eigenvalue weighted by Crippen LogP contribution is 2.19. The van der Waals surface area contributed by atoms with Gasteiger partial charge in [-0.05, 0) is 43.1 Å². The molecule has 2 heterocycles. The number of aromatic nitrogens is 2. The number of piperidine rings is 1. The van der Waals surface area contributed by atoms with Gasteiger partial charge in [0.2, 0.25) is 5.95 Å². The predicted molar refractivity (Wildman–Crippen MR) is 101 cm³/mol. The molecule has 1 saturated heterocycles. The minimum absolute atomic E-state index is 0.379. The van der Waals surface area contributed by atoms with Gasteiger partial charge in [0.05, 0.1) is 7.11 Å². The van der Waals surface area contributed by atoms with Crippen LogP contribution >= 0.6 is 0 Å².